The monoisotopic (exact) mass is 387 g/mol. The standard InChI is InChI=1S/C16H25N3O4S2/c1-10(16(14(21)17-2)24-8-9-25-16)19(11-5-6-11)13(20)12-4-3-7-18(12)15(22)23/h10-12H,3-9H2,1-2H3,(H,17,21)(H,22,23). The number of carbonyl (C=O) groups excluding carboxylic acids is 2. The quantitative estimate of drug-likeness (QED) is 0.742. The number of likely N-dealkylation sites (tertiary alicyclic amines) is 1. The Morgan fingerprint density at radius 3 is 2.40 bits per heavy atom. The highest BCUT2D eigenvalue weighted by molar-refractivity contribution is 8.22. The lowest BCUT2D eigenvalue weighted by Crippen LogP contribution is -2.59. The lowest BCUT2D eigenvalue weighted by atomic mass is 10.1. The first kappa shape index (κ1) is 18.7. The molecule has 0 spiro atoms. The first-order valence-corrected chi connectivity index (χ1v) is 10.7. The van der Waals surface area contributed by atoms with Crippen LogP contribution in [-0.4, -0.2) is 80.1 Å². The van der Waals surface area contributed by atoms with Crippen LogP contribution in [0.4, 0.5) is 4.79 Å². The molecule has 2 atom stereocenters. The Hall–Kier alpha value is -1.09. The Labute approximate surface area is 156 Å². The number of carbonyl (C=O) groups is 3. The van der Waals surface area contributed by atoms with Gasteiger partial charge in [0.1, 0.15) is 6.04 Å². The Morgan fingerprint density at radius 1 is 1.24 bits per heavy atom. The fourth-order valence-electron chi connectivity index (χ4n) is 3.81. The number of nitrogens with one attached hydrogen (secondary N) is 1. The van der Waals surface area contributed by atoms with Crippen LogP contribution >= 0.6 is 23.5 Å². The maximum Gasteiger partial charge on any atom is 0.407 e. The van der Waals surface area contributed by atoms with Crippen molar-refractivity contribution in [2.24, 2.45) is 0 Å². The molecule has 7 nitrogen and oxygen atoms in total. The van der Waals surface area contributed by atoms with E-state index in [0.717, 1.165) is 24.3 Å². The summed E-state index contributed by atoms with van der Waals surface area (Å²) < 4.78 is -0.709. The fourth-order valence-corrected chi connectivity index (χ4v) is 7.09. The van der Waals surface area contributed by atoms with Gasteiger partial charge >= 0.3 is 6.09 Å². The molecule has 0 radical (unpaired) electrons. The predicted molar refractivity (Wildman–Crippen MR) is 98.8 cm³/mol. The summed E-state index contributed by atoms with van der Waals surface area (Å²) in [5.41, 5.74) is 0. The molecule has 1 saturated carbocycles. The number of hydrogen-bond donors (Lipinski definition) is 2. The minimum Gasteiger partial charge on any atom is -0.465 e. The molecule has 2 saturated heterocycles. The van der Waals surface area contributed by atoms with Gasteiger partial charge in [-0.15, -0.1) is 23.5 Å². The van der Waals surface area contributed by atoms with E-state index in [4.69, 9.17) is 0 Å². The van der Waals surface area contributed by atoms with E-state index in [1.165, 1.54) is 4.90 Å². The largest absolute Gasteiger partial charge is 0.465 e. The first-order valence-electron chi connectivity index (χ1n) is 8.74. The lowest BCUT2D eigenvalue weighted by molar-refractivity contribution is -0.139. The van der Waals surface area contributed by atoms with Crippen LogP contribution in [0, 0.1) is 0 Å². The van der Waals surface area contributed by atoms with Crippen LogP contribution in [0.1, 0.15) is 32.6 Å². The number of rotatable bonds is 5. The van der Waals surface area contributed by atoms with Crippen LogP contribution < -0.4 is 5.32 Å². The van der Waals surface area contributed by atoms with Crippen LogP contribution in [0.3, 0.4) is 0 Å². The molecule has 0 aromatic rings. The van der Waals surface area contributed by atoms with Crippen LogP contribution in [0.15, 0.2) is 0 Å². The molecule has 2 N–H and O–H groups in total. The van der Waals surface area contributed by atoms with Crippen molar-refractivity contribution in [2.45, 2.75) is 54.8 Å². The van der Waals surface area contributed by atoms with E-state index in [2.05, 4.69) is 5.32 Å². The molecule has 3 fully saturated rings. The molecule has 25 heavy (non-hydrogen) atoms. The molecule has 3 rings (SSSR count). The Kier molecular flexibility index (Phi) is 5.43. The Morgan fingerprint density at radius 2 is 1.88 bits per heavy atom. The van der Waals surface area contributed by atoms with Crippen molar-refractivity contribution in [2.75, 3.05) is 25.1 Å². The van der Waals surface area contributed by atoms with Crippen molar-refractivity contribution in [3.63, 3.8) is 0 Å². The Balaban J connectivity index is 1.86. The van der Waals surface area contributed by atoms with Crippen molar-refractivity contribution in [1.29, 1.82) is 0 Å². The predicted octanol–water partition coefficient (Wildman–Crippen LogP) is 1.43. The van der Waals surface area contributed by atoms with Crippen LogP contribution in [0.2, 0.25) is 0 Å². The SMILES string of the molecule is CNC(=O)C1(C(C)N(C(=O)C2CCCN2C(=O)O)C2CC2)SCCS1. The molecule has 1 aliphatic carbocycles. The van der Waals surface area contributed by atoms with Crippen LogP contribution in [0.5, 0.6) is 0 Å². The number of amides is 3. The first-order chi connectivity index (χ1) is 11.9. The zero-order valence-corrected chi connectivity index (χ0v) is 16.2. The van der Waals surface area contributed by atoms with Gasteiger partial charge in [-0.05, 0) is 32.6 Å². The highest BCUT2D eigenvalue weighted by Crippen LogP contribution is 2.50. The Bertz CT molecular complexity index is 564. The molecule has 3 amide bonds. The molecular formula is C16H25N3O4S2. The molecule has 0 bridgehead atoms. The third kappa shape index (κ3) is 3.32. The van der Waals surface area contributed by atoms with Gasteiger partial charge in [0.25, 0.3) is 0 Å². The molecule has 2 aliphatic heterocycles. The molecule has 0 aromatic heterocycles. The molecule has 2 unspecified atom stereocenters. The molecular weight excluding hydrogens is 362 g/mol. The van der Waals surface area contributed by atoms with E-state index in [1.54, 1.807) is 30.6 Å². The van der Waals surface area contributed by atoms with Crippen molar-refractivity contribution >= 4 is 41.4 Å². The number of carboxylic acid groups (broad SMARTS) is 1. The zero-order valence-electron chi connectivity index (χ0n) is 14.6. The summed E-state index contributed by atoms with van der Waals surface area (Å²) in [4.78, 5) is 40.4. The second kappa shape index (κ2) is 7.26. The van der Waals surface area contributed by atoms with Crippen molar-refractivity contribution in [3.05, 3.63) is 0 Å². The van der Waals surface area contributed by atoms with Gasteiger partial charge in [0.05, 0.1) is 6.04 Å². The van der Waals surface area contributed by atoms with Crippen molar-refractivity contribution in [3.8, 4) is 0 Å². The van der Waals surface area contributed by atoms with Crippen LogP contribution in [-0.2, 0) is 9.59 Å². The highest BCUT2D eigenvalue weighted by atomic mass is 32.2. The van der Waals surface area contributed by atoms with Gasteiger partial charge in [-0.25, -0.2) is 4.79 Å². The summed E-state index contributed by atoms with van der Waals surface area (Å²) in [6.07, 6.45) is 2.09. The van der Waals surface area contributed by atoms with Gasteiger partial charge in [-0.3, -0.25) is 14.5 Å². The van der Waals surface area contributed by atoms with Gasteiger partial charge < -0.3 is 15.3 Å². The van der Waals surface area contributed by atoms with Crippen molar-refractivity contribution < 1.29 is 19.5 Å². The second-order valence-electron chi connectivity index (χ2n) is 6.73. The molecule has 0 aromatic carbocycles. The minimum atomic E-state index is -1.04. The summed E-state index contributed by atoms with van der Waals surface area (Å²) in [6.45, 7) is 2.35. The van der Waals surface area contributed by atoms with Gasteiger partial charge in [0, 0.05) is 31.1 Å². The molecule has 3 aliphatic rings. The van der Waals surface area contributed by atoms with E-state index in [9.17, 15) is 19.5 Å². The van der Waals surface area contributed by atoms with E-state index in [1.807, 2.05) is 11.8 Å². The number of thioether (sulfide) groups is 2. The van der Waals surface area contributed by atoms with Gasteiger partial charge in [-0.1, -0.05) is 0 Å². The average molecular weight is 388 g/mol. The topological polar surface area (TPSA) is 90.0 Å². The van der Waals surface area contributed by atoms with E-state index in [0.29, 0.717) is 19.4 Å². The zero-order chi connectivity index (χ0) is 18.2. The third-order valence-corrected chi connectivity index (χ3v) is 8.90. The molecule has 2 heterocycles. The van der Waals surface area contributed by atoms with Crippen molar-refractivity contribution in [1.82, 2.24) is 15.1 Å². The molecule has 140 valence electrons. The van der Waals surface area contributed by atoms with E-state index >= 15 is 0 Å². The molecule has 9 heteroatoms. The third-order valence-electron chi connectivity index (χ3n) is 5.21. The highest BCUT2D eigenvalue weighted by Gasteiger charge is 2.54. The van der Waals surface area contributed by atoms with E-state index < -0.39 is 16.2 Å². The summed E-state index contributed by atoms with van der Waals surface area (Å²) in [5, 5.41) is 12.1. The maximum absolute atomic E-state index is 13.3. The van der Waals surface area contributed by atoms with Gasteiger partial charge in [-0.2, -0.15) is 0 Å². The smallest absolute Gasteiger partial charge is 0.407 e. The summed E-state index contributed by atoms with van der Waals surface area (Å²) in [6, 6.07) is -0.762. The fraction of sp³-hybridized carbons (Fsp3) is 0.812. The summed E-state index contributed by atoms with van der Waals surface area (Å²) >= 11 is 3.20. The average Bonchev–Trinajstić information content (AvgIpc) is 3.12. The number of nitrogens with zero attached hydrogens (tertiary/aromatic N) is 2. The summed E-state index contributed by atoms with van der Waals surface area (Å²) in [5.74, 6) is 1.55. The van der Waals surface area contributed by atoms with Gasteiger partial charge in [0.2, 0.25) is 11.8 Å². The summed E-state index contributed by atoms with van der Waals surface area (Å²) in [7, 11) is 1.63. The number of hydrogen-bond acceptors (Lipinski definition) is 5. The van der Waals surface area contributed by atoms with Gasteiger partial charge in [0.15, 0.2) is 4.08 Å². The maximum atomic E-state index is 13.3. The normalized spacial score (nSPS) is 26.3. The second-order valence-corrected chi connectivity index (χ2v) is 9.67. The minimum absolute atomic E-state index is 0.0625. The van der Waals surface area contributed by atoms with E-state index in [-0.39, 0.29) is 23.9 Å². The lowest BCUT2D eigenvalue weighted by Gasteiger charge is -2.41. The van der Waals surface area contributed by atoms with Crippen LogP contribution in [0.25, 0.3) is 0 Å².